The molecular formula is C33H37ClN4O5. The van der Waals surface area contributed by atoms with E-state index in [0.29, 0.717) is 39.0 Å². The molecule has 5 rings (SSSR count). The van der Waals surface area contributed by atoms with Crippen LogP contribution in [0.5, 0.6) is 11.5 Å². The van der Waals surface area contributed by atoms with Crippen molar-refractivity contribution < 1.29 is 23.8 Å². The van der Waals surface area contributed by atoms with E-state index in [0.717, 1.165) is 37.5 Å². The molecule has 1 aliphatic carbocycles. The summed E-state index contributed by atoms with van der Waals surface area (Å²) in [5.41, 5.74) is 2.09. The molecule has 0 bridgehead atoms. The molecule has 1 saturated carbocycles. The molecule has 1 atom stereocenters. The topological polar surface area (TPSA) is 105 Å². The first-order valence-electron chi connectivity index (χ1n) is 14.5. The predicted octanol–water partition coefficient (Wildman–Crippen LogP) is 6.78. The van der Waals surface area contributed by atoms with E-state index >= 15 is 0 Å². The summed E-state index contributed by atoms with van der Waals surface area (Å²) >= 11 is 6.26. The van der Waals surface area contributed by atoms with Gasteiger partial charge in [-0.15, -0.1) is 0 Å². The van der Waals surface area contributed by atoms with Gasteiger partial charge in [0.2, 0.25) is 0 Å². The molecular weight excluding hydrogens is 568 g/mol. The Labute approximate surface area is 256 Å². The zero-order valence-electron chi connectivity index (χ0n) is 25.1. The highest BCUT2D eigenvalue weighted by atomic mass is 35.5. The normalized spacial score (nSPS) is 14.7. The number of carbonyl (C=O) groups excluding carboxylic acids is 2. The number of benzene rings is 2. The number of pyridine rings is 1. The van der Waals surface area contributed by atoms with Crippen molar-refractivity contribution in [2.45, 2.75) is 64.5 Å². The van der Waals surface area contributed by atoms with Gasteiger partial charge in [-0.05, 0) is 88.1 Å². The van der Waals surface area contributed by atoms with Crippen LogP contribution < -0.4 is 14.8 Å². The Hall–Kier alpha value is -4.11. The van der Waals surface area contributed by atoms with E-state index in [1.165, 1.54) is 0 Å². The van der Waals surface area contributed by atoms with Crippen LogP contribution in [0, 0.1) is 5.92 Å². The van der Waals surface area contributed by atoms with Gasteiger partial charge in [-0.2, -0.15) is 5.10 Å². The fourth-order valence-electron chi connectivity index (χ4n) is 5.59. The molecule has 0 unspecified atom stereocenters. The predicted molar refractivity (Wildman–Crippen MR) is 166 cm³/mol. The van der Waals surface area contributed by atoms with Crippen LogP contribution in [-0.4, -0.2) is 52.5 Å². The van der Waals surface area contributed by atoms with Crippen LogP contribution in [0.15, 0.2) is 54.7 Å². The fourth-order valence-corrected chi connectivity index (χ4v) is 5.76. The first-order valence-corrected chi connectivity index (χ1v) is 14.9. The van der Waals surface area contributed by atoms with E-state index in [1.54, 1.807) is 55.4 Å². The van der Waals surface area contributed by atoms with Crippen molar-refractivity contribution in [3.05, 3.63) is 65.4 Å². The molecule has 1 N–H and O–H groups in total. The largest absolute Gasteiger partial charge is 0.497 e. The molecule has 0 aliphatic heterocycles. The van der Waals surface area contributed by atoms with Crippen LogP contribution >= 0.6 is 11.6 Å². The van der Waals surface area contributed by atoms with E-state index in [2.05, 4.69) is 10.3 Å². The molecule has 4 aromatic rings. The number of hydrogen-bond donors (Lipinski definition) is 1. The van der Waals surface area contributed by atoms with Crippen molar-refractivity contribution in [2.75, 3.05) is 14.2 Å². The van der Waals surface area contributed by atoms with Crippen LogP contribution in [0.3, 0.4) is 0 Å². The lowest BCUT2D eigenvalue weighted by Gasteiger charge is -2.31. The van der Waals surface area contributed by atoms with Crippen LogP contribution in [0.25, 0.3) is 27.8 Å². The average molecular weight is 605 g/mol. The van der Waals surface area contributed by atoms with E-state index in [1.807, 2.05) is 39.0 Å². The molecule has 1 aliphatic rings. The van der Waals surface area contributed by atoms with Gasteiger partial charge < -0.3 is 19.5 Å². The standard InChI is InChI=1S/C33H37ClN4O5/c1-33(2,3)43-32(40)30(20-9-7-6-8-10-20)36-31(39)26-19-28(24-18-22(41-4)12-14-29(24)42-5)38(37-26)27-15-16-35-25-17-21(34)11-13-23(25)27/h11-20,30H,6-10H2,1-5H3,(H,36,39)/t30-/m0/s1. The summed E-state index contributed by atoms with van der Waals surface area (Å²) in [5, 5.41) is 9.13. The minimum atomic E-state index is -0.782. The third kappa shape index (κ3) is 6.77. The quantitative estimate of drug-likeness (QED) is 0.221. The summed E-state index contributed by atoms with van der Waals surface area (Å²) in [5.74, 6) is 0.275. The maximum Gasteiger partial charge on any atom is 0.329 e. The summed E-state index contributed by atoms with van der Waals surface area (Å²) < 4.78 is 18.6. The van der Waals surface area contributed by atoms with Gasteiger partial charge in [-0.3, -0.25) is 9.78 Å². The number of fused-ring (bicyclic) bond motifs is 1. The highest BCUT2D eigenvalue weighted by molar-refractivity contribution is 6.31. The Morgan fingerprint density at radius 2 is 1.77 bits per heavy atom. The average Bonchev–Trinajstić information content (AvgIpc) is 3.44. The molecule has 1 amide bonds. The third-order valence-electron chi connectivity index (χ3n) is 7.60. The lowest BCUT2D eigenvalue weighted by Crippen LogP contribution is -2.49. The van der Waals surface area contributed by atoms with Gasteiger partial charge in [0, 0.05) is 22.2 Å². The molecule has 1 fully saturated rings. The Morgan fingerprint density at radius 3 is 2.47 bits per heavy atom. The monoisotopic (exact) mass is 604 g/mol. The molecule has 226 valence electrons. The highest BCUT2D eigenvalue weighted by Crippen LogP contribution is 2.37. The summed E-state index contributed by atoms with van der Waals surface area (Å²) in [4.78, 5) is 31.7. The molecule has 0 radical (unpaired) electrons. The number of nitrogens with zero attached hydrogens (tertiary/aromatic N) is 3. The molecule has 2 aromatic heterocycles. The number of ether oxygens (including phenoxy) is 3. The number of methoxy groups -OCH3 is 2. The SMILES string of the molecule is COc1ccc(OC)c(-c2cc(C(=O)N[C@H](C(=O)OC(C)(C)C)C3CCCCC3)nn2-c2ccnc3cc(Cl)ccc23)c1. The van der Waals surface area contributed by atoms with Crippen molar-refractivity contribution >= 4 is 34.4 Å². The van der Waals surface area contributed by atoms with Crippen molar-refractivity contribution in [3.63, 3.8) is 0 Å². The third-order valence-corrected chi connectivity index (χ3v) is 7.84. The van der Waals surface area contributed by atoms with Crippen molar-refractivity contribution in [1.82, 2.24) is 20.1 Å². The Kier molecular flexibility index (Phi) is 8.92. The van der Waals surface area contributed by atoms with Gasteiger partial charge in [-0.1, -0.05) is 30.9 Å². The van der Waals surface area contributed by atoms with Gasteiger partial charge in [-0.25, -0.2) is 9.48 Å². The van der Waals surface area contributed by atoms with Gasteiger partial charge in [0.05, 0.1) is 31.1 Å². The zero-order valence-corrected chi connectivity index (χ0v) is 25.9. The van der Waals surface area contributed by atoms with Crippen molar-refractivity contribution in [2.24, 2.45) is 5.92 Å². The molecule has 2 heterocycles. The molecule has 43 heavy (non-hydrogen) atoms. The second kappa shape index (κ2) is 12.6. The van der Waals surface area contributed by atoms with Crippen molar-refractivity contribution in [1.29, 1.82) is 0 Å². The second-order valence-electron chi connectivity index (χ2n) is 11.8. The number of halogens is 1. The van der Waals surface area contributed by atoms with E-state index in [-0.39, 0.29) is 11.6 Å². The number of hydrogen-bond acceptors (Lipinski definition) is 7. The minimum Gasteiger partial charge on any atom is -0.497 e. The molecule has 9 nitrogen and oxygen atoms in total. The Morgan fingerprint density at radius 1 is 1.00 bits per heavy atom. The number of rotatable bonds is 8. The van der Waals surface area contributed by atoms with Crippen molar-refractivity contribution in [3.8, 4) is 28.4 Å². The maximum absolute atomic E-state index is 13.9. The maximum atomic E-state index is 13.9. The number of nitrogens with one attached hydrogen (secondary N) is 1. The Balaban J connectivity index is 1.62. The summed E-state index contributed by atoms with van der Waals surface area (Å²) in [6.45, 7) is 5.48. The van der Waals surface area contributed by atoms with E-state index in [9.17, 15) is 9.59 Å². The summed E-state index contributed by atoms with van der Waals surface area (Å²) in [6.07, 6.45) is 6.49. The summed E-state index contributed by atoms with van der Waals surface area (Å²) in [6, 6.07) is 13.6. The number of carbonyl (C=O) groups is 2. The smallest absolute Gasteiger partial charge is 0.329 e. The summed E-state index contributed by atoms with van der Waals surface area (Å²) in [7, 11) is 3.17. The second-order valence-corrected chi connectivity index (χ2v) is 12.2. The molecule has 10 heteroatoms. The minimum absolute atomic E-state index is 0.0125. The molecule has 0 spiro atoms. The van der Waals surface area contributed by atoms with Gasteiger partial charge >= 0.3 is 5.97 Å². The molecule has 0 saturated heterocycles. The number of aromatic nitrogens is 3. The van der Waals surface area contributed by atoms with E-state index < -0.39 is 23.5 Å². The number of amides is 1. The van der Waals surface area contributed by atoms with Crippen LogP contribution in [0.4, 0.5) is 0 Å². The van der Waals surface area contributed by atoms with Crippen LogP contribution in [0.1, 0.15) is 63.4 Å². The van der Waals surface area contributed by atoms with Gasteiger partial charge in [0.15, 0.2) is 5.69 Å². The van der Waals surface area contributed by atoms with Crippen LogP contribution in [-0.2, 0) is 9.53 Å². The highest BCUT2D eigenvalue weighted by Gasteiger charge is 2.35. The Bertz CT molecular complexity index is 1640. The lowest BCUT2D eigenvalue weighted by atomic mass is 9.83. The number of esters is 1. The zero-order chi connectivity index (χ0) is 30.7. The fraction of sp³-hybridized carbons (Fsp3) is 0.394. The lowest BCUT2D eigenvalue weighted by molar-refractivity contribution is -0.159. The van der Waals surface area contributed by atoms with Gasteiger partial charge in [0.25, 0.3) is 5.91 Å². The van der Waals surface area contributed by atoms with Gasteiger partial charge in [0.1, 0.15) is 23.1 Å². The molecule has 2 aromatic carbocycles. The first kappa shape index (κ1) is 30.4. The van der Waals surface area contributed by atoms with E-state index in [4.69, 9.17) is 30.9 Å². The first-order chi connectivity index (χ1) is 20.6. The van der Waals surface area contributed by atoms with Crippen LogP contribution in [0.2, 0.25) is 5.02 Å².